The Bertz CT molecular complexity index is 265. The van der Waals surface area contributed by atoms with E-state index in [4.69, 9.17) is 23.7 Å². The minimum atomic E-state index is -0.0406. The van der Waals surface area contributed by atoms with E-state index in [1.54, 1.807) is 0 Å². The summed E-state index contributed by atoms with van der Waals surface area (Å²) in [5.41, 5.74) is 0. The molecule has 0 atom stereocenters. The Morgan fingerprint density at radius 1 is 0.667 bits per heavy atom. The average Bonchev–Trinajstić information content (AvgIpc) is 2.56. The predicted molar refractivity (Wildman–Crippen MR) is 92.3 cm³/mol. The maximum Gasteiger partial charge on any atom is 0.216 e. The van der Waals surface area contributed by atoms with Crippen LogP contribution in [0, 0.1) is 0 Å². The zero-order valence-electron chi connectivity index (χ0n) is 15.3. The van der Waals surface area contributed by atoms with E-state index in [1.807, 2.05) is 6.92 Å². The summed E-state index contributed by atoms with van der Waals surface area (Å²) < 4.78 is 26.8. The first kappa shape index (κ1) is 23.3. The molecule has 0 aliphatic carbocycles. The topological polar surface area (TPSA) is 75.2 Å². The lowest BCUT2D eigenvalue weighted by Crippen LogP contribution is -2.25. The van der Waals surface area contributed by atoms with Crippen LogP contribution in [0.25, 0.3) is 0 Å². The van der Waals surface area contributed by atoms with Crippen LogP contribution in [0.4, 0.5) is 0 Å². The molecule has 0 aromatic rings. The Morgan fingerprint density at radius 2 is 1.12 bits per heavy atom. The Hall–Kier alpha value is -0.730. The van der Waals surface area contributed by atoms with E-state index in [1.165, 1.54) is 6.92 Å². The van der Waals surface area contributed by atoms with Crippen LogP contribution in [0.3, 0.4) is 0 Å². The molecule has 0 bridgehead atoms. The molecule has 0 aliphatic heterocycles. The van der Waals surface area contributed by atoms with Gasteiger partial charge in [0.25, 0.3) is 0 Å². The Balaban J connectivity index is 2.97. The summed E-state index contributed by atoms with van der Waals surface area (Å²) in [5.74, 6) is -0.0406. The maximum absolute atomic E-state index is 10.6. The van der Waals surface area contributed by atoms with Crippen LogP contribution in [0.1, 0.15) is 33.1 Å². The number of rotatable bonds is 19. The normalized spacial score (nSPS) is 10.9. The van der Waals surface area contributed by atoms with E-state index >= 15 is 0 Å². The number of carbonyl (C=O) groups is 1. The van der Waals surface area contributed by atoms with Crippen LogP contribution in [-0.2, 0) is 28.5 Å². The molecule has 0 fully saturated rings. The van der Waals surface area contributed by atoms with Gasteiger partial charge in [-0.25, -0.2) is 0 Å². The van der Waals surface area contributed by atoms with Gasteiger partial charge in [-0.05, 0) is 26.2 Å². The van der Waals surface area contributed by atoms with Crippen molar-refractivity contribution in [3.05, 3.63) is 0 Å². The molecule has 0 aromatic carbocycles. The number of hydrogen-bond donors (Lipinski definition) is 1. The lowest BCUT2D eigenvalue weighted by Gasteiger charge is -2.07. The summed E-state index contributed by atoms with van der Waals surface area (Å²) in [5, 5.41) is 2.66. The number of unbranched alkanes of at least 4 members (excludes halogenated alkanes) is 2. The third-order valence-electron chi connectivity index (χ3n) is 3.02. The van der Waals surface area contributed by atoms with Crippen molar-refractivity contribution in [3.8, 4) is 0 Å². The third kappa shape index (κ3) is 21.3. The van der Waals surface area contributed by atoms with E-state index in [9.17, 15) is 4.79 Å². The van der Waals surface area contributed by atoms with Crippen LogP contribution in [-0.4, -0.2) is 78.5 Å². The second-order valence-electron chi connectivity index (χ2n) is 5.19. The van der Waals surface area contributed by atoms with Crippen molar-refractivity contribution in [1.29, 1.82) is 0 Å². The highest BCUT2D eigenvalue weighted by atomic mass is 16.5. The van der Waals surface area contributed by atoms with Crippen molar-refractivity contribution < 1.29 is 28.5 Å². The van der Waals surface area contributed by atoms with Crippen LogP contribution in [0.5, 0.6) is 0 Å². The van der Waals surface area contributed by atoms with Crippen molar-refractivity contribution in [1.82, 2.24) is 5.32 Å². The molecule has 7 heteroatoms. The molecule has 7 nitrogen and oxygen atoms in total. The van der Waals surface area contributed by atoms with Gasteiger partial charge in [-0.2, -0.15) is 0 Å². The molecule has 144 valence electrons. The smallest absolute Gasteiger partial charge is 0.216 e. The second-order valence-corrected chi connectivity index (χ2v) is 5.19. The summed E-state index contributed by atoms with van der Waals surface area (Å²) in [4.78, 5) is 10.6. The lowest BCUT2D eigenvalue weighted by molar-refractivity contribution is -0.119. The Labute approximate surface area is 146 Å². The first-order valence-electron chi connectivity index (χ1n) is 8.90. The lowest BCUT2D eigenvalue weighted by atomic mass is 10.2. The highest BCUT2D eigenvalue weighted by Gasteiger charge is 1.94. The third-order valence-corrected chi connectivity index (χ3v) is 3.02. The molecule has 0 aliphatic rings. The van der Waals surface area contributed by atoms with Crippen LogP contribution in [0.15, 0.2) is 0 Å². The first-order chi connectivity index (χ1) is 11.8. The monoisotopic (exact) mass is 349 g/mol. The molecule has 0 unspecified atom stereocenters. The SMILES string of the molecule is CCOCCOCCCCCOCCOCCOCCNC(C)=O. The number of nitrogens with one attached hydrogen (secondary N) is 1. The summed E-state index contributed by atoms with van der Waals surface area (Å²) >= 11 is 0. The minimum absolute atomic E-state index is 0.0406. The van der Waals surface area contributed by atoms with E-state index in [-0.39, 0.29) is 5.91 Å². The van der Waals surface area contributed by atoms with Gasteiger partial charge in [-0.1, -0.05) is 0 Å². The Morgan fingerprint density at radius 3 is 1.62 bits per heavy atom. The maximum atomic E-state index is 10.6. The van der Waals surface area contributed by atoms with E-state index < -0.39 is 0 Å². The molecule has 24 heavy (non-hydrogen) atoms. The molecule has 1 N–H and O–H groups in total. The molecule has 0 spiro atoms. The Kier molecular flexibility index (Phi) is 19.7. The molecule has 0 radical (unpaired) electrons. The van der Waals surface area contributed by atoms with Crippen LogP contribution >= 0.6 is 0 Å². The summed E-state index contributed by atoms with van der Waals surface area (Å²) in [6, 6.07) is 0. The molecular formula is C17H35NO6. The molecule has 1 amide bonds. The fraction of sp³-hybridized carbons (Fsp3) is 0.941. The van der Waals surface area contributed by atoms with Crippen molar-refractivity contribution in [2.24, 2.45) is 0 Å². The molecule has 0 saturated heterocycles. The van der Waals surface area contributed by atoms with Gasteiger partial charge in [0, 0.05) is 33.3 Å². The molecule has 0 saturated carbocycles. The summed E-state index contributed by atoms with van der Waals surface area (Å²) in [6.07, 6.45) is 3.21. The predicted octanol–water partition coefficient (Wildman–Crippen LogP) is 1.40. The van der Waals surface area contributed by atoms with Gasteiger partial charge < -0.3 is 29.0 Å². The molecule has 0 rings (SSSR count). The van der Waals surface area contributed by atoms with Crippen LogP contribution < -0.4 is 5.32 Å². The molecule has 0 aromatic heterocycles. The van der Waals surface area contributed by atoms with E-state index in [2.05, 4.69) is 5.32 Å². The second kappa shape index (κ2) is 20.3. The van der Waals surface area contributed by atoms with Crippen molar-refractivity contribution in [3.63, 3.8) is 0 Å². The van der Waals surface area contributed by atoms with Gasteiger partial charge in [-0.3, -0.25) is 4.79 Å². The van der Waals surface area contributed by atoms with E-state index in [0.29, 0.717) is 52.8 Å². The van der Waals surface area contributed by atoms with Gasteiger partial charge in [-0.15, -0.1) is 0 Å². The average molecular weight is 349 g/mol. The number of hydrogen-bond acceptors (Lipinski definition) is 6. The van der Waals surface area contributed by atoms with Gasteiger partial charge in [0.1, 0.15) is 0 Å². The first-order valence-corrected chi connectivity index (χ1v) is 8.90. The standard InChI is InChI=1S/C17H35NO6/c1-3-20-11-12-21-8-5-4-6-9-22-13-15-24-16-14-23-10-7-18-17(2)19/h3-16H2,1-2H3,(H,18,19). The number of ether oxygens (including phenoxy) is 5. The summed E-state index contributed by atoms with van der Waals surface area (Å²) in [6.45, 7) is 10.4. The van der Waals surface area contributed by atoms with Crippen molar-refractivity contribution >= 4 is 5.91 Å². The highest BCUT2D eigenvalue weighted by Crippen LogP contribution is 1.96. The minimum Gasteiger partial charge on any atom is -0.379 e. The quantitative estimate of drug-likeness (QED) is 0.355. The largest absolute Gasteiger partial charge is 0.379 e. The van der Waals surface area contributed by atoms with Gasteiger partial charge >= 0.3 is 0 Å². The van der Waals surface area contributed by atoms with Crippen molar-refractivity contribution in [2.45, 2.75) is 33.1 Å². The molecule has 0 heterocycles. The van der Waals surface area contributed by atoms with E-state index in [0.717, 1.165) is 39.1 Å². The number of carbonyl (C=O) groups excluding carboxylic acids is 1. The van der Waals surface area contributed by atoms with Gasteiger partial charge in [0.15, 0.2) is 0 Å². The van der Waals surface area contributed by atoms with Crippen LogP contribution in [0.2, 0.25) is 0 Å². The highest BCUT2D eigenvalue weighted by molar-refractivity contribution is 5.72. The fourth-order valence-electron chi connectivity index (χ4n) is 1.79. The van der Waals surface area contributed by atoms with Gasteiger partial charge in [0.05, 0.1) is 46.2 Å². The van der Waals surface area contributed by atoms with Gasteiger partial charge in [0.2, 0.25) is 5.91 Å². The molecular weight excluding hydrogens is 314 g/mol. The number of amides is 1. The zero-order chi connectivity index (χ0) is 17.7. The summed E-state index contributed by atoms with van der Waals surface area (Å²) in [7, 11) is 0. The van der Waals surface area contributed by atoms with Crippen molar-refractivity contribution in [2.75, 3.05) is 72.6 Å². The fourth-order valence-corrected chi connectivity index (χ4v) is 1.79. The zero-order valence-corrected chi connectivity index (χ0v) is 15.3.